The van der Waals surface area contributed by atoms with Crippen LogP contribution in [0, 0.1) is 12.7 Å². The third kappa shape index (κ3) is 4.74. The van der Waals surface area contributed by atoms with Crippen molar-refractivity contribution in [3.63, 3.8) is 0 Å². The summed E-state index contributed by atoms with van der Waals surface area (Å²) < 4.78 is 14.2. The van der Waals surface area contributed by atoms with E-state index in [4.69, 9.17) is 15.5 Å². The van der Waals surface area contributed by atoms with Crippen LogP contribution in [0.25, 0.3) is 11.1 Å². The normalized spacial score (nSPS) is 16.7. The molecule has 1 atom stereocenters. The molecule has 2 N–H and O–H groups in total. The van der Waals surface area contributed by atoms with Crippen LogP contribution in [-0.2, 0) is 21.0 Å². The number of aryl methyl sites for hydroxylation is 1. The van der Waals surface area contributed by atoms with Crippen LogP contribution in [0.15, 0.2) is 47.9 Å². The number of halogens is 1. The van der Waals surface area contributed by atoms with Crippen LogP contribution < -0.4 is 5.73 Å². The summed E-state index contributed by atoms with van der Waals surface area (Å²) in [7, 11) is 1.43. The second-order valence-electron chi connectivity index (χ2n) is 7.43. The fourth-order valence-corrected chi connectivity index (χ4v) is 4.06. The lowest BCUT2D eigenvalue weighted by atomic mass is 9.78. The van der Waals surface area contributed by atoms with Crippen molar-refractivity contribution in [3.05, 3.63) is 71.1 Å². The molecule has 1 aliphatic rings. The third-order valence-electron chi connectivity index (χ3n) is 5.33. The summed E-state index contributed by atoms with van der Waals surface area (Å²) in [6.45, 7) is 2.34. The molecule has 0 amide bonds. The van der Waals surface area contributed by atoms with E-state index in [1.165, 1.54) is 19.2 Å². The molecule has 1 aliphatic carbocycles. The van der Waals surface area contributed by atoms with E-state index in [9.17, 15) is 4.39 Å². The van der Waals surface area contributed by atoms with Crippen molar-refractivity contribution < 1.29 is 19.0 Å². The monoisotopic (exact) mass is 437 g/mol. The van der Waals surface area contributed by atoms with Gasteiger partial charge in [-0.2, -0.15) is 0 Å². The highest BCUT2D eigenvalue weighted by atomic mass is 19.1. The zero-order chi connectivity index (χ0) is 22.5. The number of fused-ring (bicyclic) bond motifs is 1. The number of aromatic nitrogens is 3. The molecular weight excluding hydrogens is 413 g/mol. The third-order valence-corrected chi connectivity index (χ3v) is 5.33. The van der Waals surface area contributed by atoms with Gasteiger partial charge >= 0.3 is 0 Å². The summed E-state index contributed by atoms with van der Waals surface area (Å²) in [5, 5.41) is 4.36. The first-order valence-electron chi connectivity index (χ1n) is 10.2. The fourth-order valence-electron chi connectivity index (χ4n) is 4.06. The lowest BCUT2D eigenvalue weighted by Gasteiger charge is -2.28. The van der Waals surface area contributed by atoms with Crippen molar-refractivity contribution in [2.75, 3.05) is 26.1 Å². The molecule has 1 unspecified atom stereocenters. The number of nitrogen functional groups attached to an aromatic ring is 1. The fraction of sp³-hybridized carbons (Fsp3) is 0.304. The minimum atomic E-state index is -0.304. The molecule has 8 nitrogen and oxygen atoms in total. The van der Waals surface area contributed by atoms with Crippen LogP contribution in [0.2, 0.25) is 0 Å². The summed E-state index contributed by atoms with van der Waals surface area (Å²) in [5.74, 6) is -0.103. The minimum absolute atomic E-state index is 0.00965. The average molecular weight is 437 g/mol. The van der Waals surface area contributed by atoms with Crippen molar-refractivity contribution in [1.82, 2.24) is 15.0 Å². The maximum atomic E-state index is 14.2. The maximum Gasteiger partial charge on any atom is 0.220 e. The predicted molar refractivity (Wildman–Crippen MR) is 117 cm³/mol. The van der Waals surface area contributed by atoms with Gasteiger partial charge in [-0.1, -0.05) is 17.3 Å². The van der Waals surface area contributed by atoms with Gasteiger partial charge in [-0.05, 0) is 48.6 Å². The SMILES string of the molecule is COOCCO/N=C1\CC(c2ccc(F)cc2-c2cccnc2)Cc2nc(N)nc(C)c21. The van der Waals surface area contributed by atoms with Gasteiger partial charge in [-0.3, -0.25) is 4.98 Å². The van der Waals surface area contributed by atoms with Crippen LogP contribution in [0.4, 0.5) is 10.3 Å². The quantitative estimate of drug-likeness (QED) is 0.342. The summed E-state index contributed by atoms with van der Waals surface area (Å²) in [4.78, 5) is 27.8. The van der Waals surface area contributed by atoms with Crippen molar-refractivity contribution in [3.8, 4) is 11.1 Å². The van der Waals surface area contributed by atoms with E-state index < -0.39 is 0 Å². The molecule has 2 aromatic heterocycles. The Bertz CT molecular complexity index is 1120. The van der Waals surface area contributed by atoms with Gasteiger partial charge in [0.25, 0.3) is 0 Å². The van der Waals surface area contributed by atoms with Crippen LogP contribution in [-0.4, -0.2) is 41.0 Å². The first kappa shape index (κ1) is 21.8. The number of hydrogen-bond donors (Lipinski definition) is 1. The molecule has 0 fully saturated rings. The Morgan fingerprint density at radius 2 is 2.06 bits per heavy atom. The standard InChI is InChI=1S/C23H24FN5O3/c1-14-22-20(28-23(25)27-14)10-16(11-21(22)29-31-8-9-32-30-2)18-6-5-17(24)12-19(18)15-4-3-7-26-13-15/h3-7,12-13,16H,8-11H2,1-2H3,(H2,25,27,28)/b29-21+. The van der Waals surface area contributed by atoms with E-state index in [1.807, 2.05) is 25.1 Å². The maximum absolute atomic E-state index is 14.2. The van der Waals surface area contributed by atoms with Gasteiger partial charge in [0.15, 0.2) is 0 Å². The Balaban J connectivity index is 1.73. The molecule has 0 bridgehead atoms. The van der Waals surface area contributed by atoms with E-state index in [2.05, 4.69) is 25.0 Å². The molecule has 4 rings (SSSR count). The Morgan fingerprint density at radius 3 is 2.84 bits per heavy atom. The average Bonchev–Trinajstić information content (AvgIpc) is 2.78. The molecular formula is C23H24FN5O3. The molecule has 9 heteroatoms. The zero-order valence-corrected chi connectivity index (χ0v) is 17.9. The predicted octanol–water partition coefficient (Wildman–Crippen LogP) is 3.60. The first-order valence-corrected chi connectivity index (χ1v) is 10.2. The van der Waals surface area contributed by atoms with E-state index in [-0.39, 0.29) is 30.9 Å². The zero-order valence-electron chi connectivity index (χ0n) is 17.9. The molecule has 1 aromatic carbocycles. The van der Waals surface area contributed by atoms with Gasteiger partial charge < -0.3 is 10.6 Å². The van der Waals surface area contributed by atoms with Crippen LogP contribution in [0.1, 0.15) is 34.9 Å². The molecule has 0 radical (unpaired) electrons. The number of pyridine rings is 1. The number of benzene rings is 1. The van der Waals surface area contributed by atoms with Crippen LogP contribution >= 0.6 is 0 Å². The van der Waals surface area contributed by atoms with Gasteiger partial charge in [0, 0.05) is 29.9 Å². The summed E-state index contributed by atoms with van der Waals surface area (Å²) in [6, 6.07) is 8.58. The number of nitrogens with two attached hydrogens (primary N) is 1. The lowest BCUT2D eigenvalue weighted by Crippen LogP contribution is -2.24. The number of nitrogens with zero attached hydrogens (tertiary/aromatic N) is 4. The van der Waals surface area contributed by atoms with Crippen LogP contribution in [0.5, 0.6) is 0 Å². The molecule has 0 aliphatic heterocycles. The van der Waals surface area contributed by atoms with Gasteiger partial charge in [0.2, 0.25) is 5.95 Å². The smallest absolute Gasteiger partial charge is 0.220 e. The van der Waals surface area contributed by atoms with E-state index in [0.717, 1.165) is 33.6 Å². The largest absolute Gasteiger partial charge is 0.393 e. The second-order valence-corrected chi connectivity index (χ2v) is 7.43. The highest BCUT2D eigenvalue weighted by molar-refractivity contribution is 6.03. The molecule has 3 aromatic rings. The van der Waals surface area contributed by atoms with Gasteiger partial charge in [0.1, 0.15) is 19.0 Å². The summed E-state index contributed by atoms with van der Waals surface area (Å²) >= 11 is 0. The van der Waals surface area contributed by atoms with Crippen molar-refractivity contribution in [2.45, 2.75) is 25.7 Å². The van der Waals surface area contributed by atoms with Gasteiger partial charge in [0.05, 0.1) is 24.2 Å². The molecule has 2 heterocycles. The molecule has 0 saturated heterocycles. The highest BCUT2D eigenvalue weighted by Crippen LogP contribution is 2.38. The number of anilines is 1. The molecule has 0 saturated carbocycles. The van der Waals surface area contributed by atoms with Gasteiger partial charge in [-0.15, -0.1) is 0 Å². The van der Waals surface area contributed by atoms with E-state index >= 15 is 0 Å². The lowest BCUT2D eigenvalue weighted by molar-refractivity contribution is -0.277. The van der Waals surface area contributed by atoms with E-state index in [1.54, 1.807) is 12.4 Å². The first-order chi connectivity index (χ1) is 15.6. The minimum Gasteiger partial charge on any atom is -0.393 e. The second kappa shape index (κ2) is 9.80. The van der Waals surface area contributed by atoms with Crippen molar-refractivity contribution >= 4 is 11.7 Å². The van der Waals surface area contributed by atoms with Crippen molar-refractivity contribution in [1.29, 1.82) is 0 Å². The molecule has 166 valence electrons. The Labute approximate surface area is 185 Å². The Hall–Kier alpha value is -3.43. The number of hydrogen-bond acceptors (Lipinski definition) is 8. The highest BCUT2D eigenvalue weighted by Gasteiger charge is 2.30. The molecule has 0 spiro atoms. The number of oxime groups is 1. The van der Waals surface area contributed by atoms with Crippen molar-refractivity contribution in [2.24, 2.45) is 5.16 Å². The van der Waals surface area contributed by atoms with E-state index in [0.29, 0.717) is 18.6 Å². The van der Waals surface area contributed by atoms with Gasteiger partial charge in [-0.25, -0.2) is 24.1 Å². The topological polar surface area (TPSA) is 105 Å². The summed E-state index contributed by atoms with van der Waals surface area (Å²) in [5.41, 5.74) is 11.6. The molecule has 32 heavy (non-hydrogen) atoms. The number of rotatable bonds is 7. The van der Waals surface area contributed by atoms with Crippen LogP contribution in [0.3, 0.4) is 0 Å². The Kier molecular flexibility index (Phi) is 6.67. The Morgan fingerprint density at radius 1 is 1.19 bits per heavy atom. The summed E-state index contributed by atoms with van der Waals surface area (Å²) in [6.07, 6.45) is 4.61.